The number of halogens is 1. The van der Waals surface area contributed by atoms with Gasteiger partial charge in [-0.1, -0.05) is 40.0 Å². The van der Waals surface area contributed by atoms with Crippen molar-refractivity contribution in [2.75, 3.05) is 27.2 Å². The third-order valence-electron chi connectivity index (χ3n) is 4.74. The van der Waals surface area contributed by atoms with E-state index in [1.165, 1.54) is 19.3 Å². The van der Waals surface area contributed by atoms with Crippen LogP contribution in [-0.4, -0.2) is 53.7 Å². The molecule has 0 bridgehead atoms. The van der Waals surface area contributed by atoms with Crippen molar-refractivity contribution in [1.82, 2.24) is 25.3 Å². The molecule has 0 aliphatic carbocycles. The Morgan fingerprint density at radius 3 is 2.57 bits per heavy atom. The Bertz CT molecular complexity index is 600. The molecule has 1 heterocycles. The number of amides is 1. The summed E-state index contributed by atoms with van der Waals surface area (Å²) in [7, 11) is 5.45. The molecule has 2 N–H and O–H groups in total. The molecular weight excluding hydrogens is 467 g/mol. The summed E-state index contributed by atoms with van der Waals surface area (Å²) < 4.78 is 1.83. The van der Waals surface area contributed by atoms with E-state index in [-0.39, 0.29) is 36.4 Å². The molecule has 28 heavy (non-hydrogen) atoms. The SMILES string of the molecule is CCCCC(CC)CNC(=NCc1cn(C)nc1CC)NCC(=O)N(C)C.I. The molecule has 0 spiro atoms. The maximum atomic E-state index is 11.9. The number of aryl methyl sites for hydroxylation is 2. The quantitative estimate of drug-likeness (QED) is 0.275. The second-order valence-electron chi connectivity index (χ2n) is 7.23. The fourth-order valence-corrected chi connectivity index (χ4v) is 2.85. The van der Waals surface area contributed by atoms with Gasteiger partial charge in [-0.3, -0.25) is 9.48 Å². The van der Waals surface area contributed by atoms with Gasteiger partial charge in [0.2, 0.25) is 5.91 Å². The lowest BCUT2D eigenvalue weighted by Gasteiger charge is -2.19. The number of guanidine groups is 1. The number of carbonyl (C=O) groups excluding carboxylic acids is 1. The predicted molar refractivity (Wildman–Crippen MR) is 127 cm³/mol. The summed E-state index contributed by atoms with van der Waals surface area (Å²) >= 11 is 0. The van der Waals surface area contributed by atoms with E-state index in [2.05, 4.69) is 36.5 Å². The van der Waals surface area contributed by atoms with Crippen LogP contribution in [0.15, 0.2) is 11.2 Å². The molecule has 0 radical (unpaired) electrons. The lowest BCUT2D eigenvalue weighted by Crippen LogP contribution is -2.44. The van der Waals surface area contributed by atoms with Gasteiger partial charge in [0.15, 0.2) is 5.96 Å². The predicted octanol–water partition coefficient (Wildman–Crippen LogP) is 2.94. The first-order valence-electron chi connectivity index (χ1n) is 10.1. The highest BCUT2D eigenvalue weighted by molar-refractivity contribution is 14.0. The molecule has 7 nitrogen and oxygen atoms in total. The van der Waals surface area contributed by atoms with Crippen molar-refractivity contribution in [3.8, 4) is 0 Å². The summed E-state index contributed by atoms with van der Waals surface area (Å²) in [5, 5.41) is 11.1. The Morgan fingerprint density at radius 2 is 2.00 bits per heavy atom. The van der Waals surface area contributed by atoms with Gasteiger partial charge in [0.05, 0.1) is 18.8 Å². The van der Waals surface area contributed by atoms with Gasteiger partial charge < -0.3 is 15.5 Å². The average molecular weight is 506 g/mol. The van der Waals surface area contributed by atoms with Crippen LogP contribution < -0.4 is 10.6 Å². The van der Waals surface area contributed by atoms with Crippen molar-refractivity contribution in [1.29, 1.82) is 0 Å². The standard InChI is InChI=1S/C20H38N6O.HI/c1-7-10-11-16(8-2)12-21-20(23-14-19(27)25(4)5)22-13-17-15-26(6)24-18(17)9-3;/h15-16H,7-14H2,1-6H3,(H2,21,22,23);1H. The summed E-state index contributed by atoms with van der Waals surface area (Å²) in [5.74, 6) is 1.33. The second kappa shape index (κ2) is 14.6. The molecule has 1 atom stereocenters. The van der Waals surface area contributed by atoms with Gasteiger partial charge in [-0.25, -0.2) is 4.99 Å². The minimum atomic E-state index is 0. The van der Waals surface area contributed by atoms with Gasteiger partial charge in [-0.05, 0) is 18.8 Å². The number of nitrogens with one attached hydrogen (secondary N) is 2. The molecule has 1 unspecified atom stereocenters. The van der Waals surface area contributed by atoms with Crippen LogP contribution in [-0.2, 0) is 24.8 Å². The van der Waals surface area contributed by atoms with Gasteiger partial charge >= 0.3 is 0 Å². The van der Waals surface area contributed by atoms with E-state index >= 15 is 0 Å². The number of carbonyl (C=O) groups is 1. The average Bonchev–Trinajstić information content (AvgIpc) is 3.02. The van der Waals surface area contributed by atoms with E-state index in [9.17, 15) is 4.79 Å². The van der Waals surface area contributed by atoms with Crippen LogP contribution in [0.25, 0.3) is 0 Å². The molecule has 0 aliphatic heterocycles. The number of unbranched alkanes of at least 4 members (excludes halogenated alkanes) is 1. The van der Waals surface area contributed by atoms with Crippen LogP contribution >= 0.6 is 24.0 Å². The van der Waals surface area contributed by atoms with Crippen molar-refractivity contribution in [3.63, 3.8) is 0 Å². The van der Waals surface area contributed by atoms with Crippen molar-refractivity contribution < 1.29 is 4.79 Å². The van der Waals surface area contributed by atoms with E-state index < -0.39 is 0 Å². The van der Waals surface area contributed by atoms with Crippen LogP contribution in [0.5, 0.6) is 0 Å². The maximum Gasteiger partial charge on any atom is 0.241 e. The van der Waals surface area contributed by atoms with Crippen molar-refractivity contribution in [2.45, 2.75) is 59.4 Å². The number of rotatable bonds is 11. The van der Waals surface area contributed by atoms with Gasteiger partial charge in [-0.2, -0.15) is 5.10 Å². The largest absolute Gasteiger partial charge is 0.356 e. The van der Waals surface area contributed by atoms with Crippen LogP contribution in [0.4, 0.5) is 0 Å². The number of hydrogen-bond acceptors (Lipinski definition) is 3. The van der Waals surface area contributed by atoms with Crippen LogP contribution in [0.3, 0.4) is 0 Å². The fourth-order valence-electron chi connectivity index (χ4n) is 2.85. The molecular formula is C20H39IN6O. The molecule has 0 saturated heterocycles. The highest BCUT2D eigenvalue weighted by atomic mass is 127. The number of nitrogens with zero attached hydrogens (tertiary/aromatic N) is 4. The molecule has 1 amide bonds. The number of aliphatic imine (C=N–C) groups is 1. The van der Waals surface area contributed by atoms with Gasteiger partial charge in [0.25, 0.3) is 0 Å². The van der Waals surface area contributed by atoms with Crippen molar-refractivity contribution in [2.24, 2.45) is 18.0 Å². The first-order chi connectivity index (χ1) is 12.9. The molecule has 0 aliphatic rings. The maximum absolute atomic E-state index is 11.9. The smallest absolute Gasteiger partial charge is 0.241 e. The summed E-state index contributed by atoms with van der Waals surface area (Å²) in [4.78, 5) is 18.2. The van der Waals surface area contributed by atoms with Gasteiger partial charge in [0.1, 0.15) is 0 Å². The second-order valence-corrected chi connectivity index (χ2v) is 7.23. The first kappa shape index (κ1) is 26.7. The lowest BCUT2D eigenvalue weighted by atomic mass is 9.99. The highest BCUT2D eigenvalue weighted by Crippen LogP contribution is 2.11. The number of aromatic nitrogens is 2. The van der Waals surface area contributed by atoms with E-state index in [0.717, 1.165) is 30.6 Å². The van der Waals surface area contributed by atoms with Crippen LogP contribution in [0.2, 0.25) is 0 Å². The summed E-state index contributed by atoms with van der Waals surface area (Å²) in [6.07, 6.45) is 7.71. The van der Waals surface area contributed by atoms with E-state index in [1.807, 2.05) is 17.9 Å². The zero-order chi connectivity index (χ0) is 20.2. The number of hydrogen-bond donors (Lipinski definition) is 2. The topological polar surface area (TPSA) is 74.5 Å². The Kier molecular flexibility index (Phi) is 14.0. The van der Waals surface area contributed by atoms with Gasteiger partial charge in [-0.15, -0.1) is 24.0 Å². The van der Waals surface area contributed by atoms with Crippen LogP contribution in [0.1, 0.15) is 57.7 Å². The third-order valence-corrected chi connectivity index (χ3v) is 4.74. The summed E-state index contributed by atoms with van der Waals surface area (Å²) in [5.41, 5.74) is 2.19. The Morgan fingerprint density at radius 1 is 1.29 bits per heavy atom. The fraction of sp³-hybridized carbons (Fsp3) is 0.750. The number of likely N-dealkylation sites (N-methyl/N-ethyl adjacent to an activating group) is 1. The van der Waals surface area contributed by atoms with E-state index in [1.54, 1.807) is 19.0 Å². The van der Waals surface area contributed by atoms with Crippen molar-refractivity contribution >= 4 is 35.8 Å². The molecule has 1 rings (SSSR count). The van der Waals surface area contributed by atoms with Crippen LogP contribution in [0, 0.1) is 5.92 Å². The zero-order valence-electron chi connectivity index (χ0n) is 18.4. The molecule has 0 saturated carbocycles. The monoisotopic (exact) mass is 506 g/mol. The summed E-state index contributed by atoms with van der Waals surface area (Å²) in [6, 6.07) is 0. The summed E-state index contributed by atoms with van der Waals surface area (Å²) in [6.45, 7) is 8.20. The van der Waals surface area contributed by atoms with E-state index in [4.69, 9.17) is 4.99 Å². The van der Waals surface area contributed by atoms with E-state index in [0.29, 0.717) is 18.4 Å². The Hall–Kier alpha value is -1.32. The lowest BCUT2D eigenvalue weighted by molar-refractivity contribution is -0.127. The molecule has 1 aromatic heterocycles. The highest BCUT2D eigenvalue weighted by Gasteiger charge is 2.11. The Labute approximate surface area is 187 Å². The minimum absolute atomic E-state index is 0. The molecule has 8 heteroatoms. The third kappa shape index (κ3) is 9.75. The normalized spacial score (nSPS) is 12.3. The molecule has 1 aromatic rings. The minimum Gasteiger partial charge on any atom is -0.356 e. The zero-order valence-corrected chi connectivity index (χ0v) is 20.7. The van der Waals surface area contributed by atoms with Crippen molar-refractivity contribution in [3.05, 3.63) is 17.5 Å². The first-order valence-corrected chi connectivity index (χ1v) is 10.1. The molecule has 0 aromatic carbocycles. The van der Waals surface area contributed by atoms with Gasteiger partial charge in [0, 0.05) is 39.4 Å². The molecule has 162 valence electrons. The Balaban J connectivity index is 0.00000729. The molecule has 0 fully saturated rings.